The van der Waals surface area contributed by atoms with Crippen molar-refractivity contribution < 1.29 is 18.3 Å². The van der Waals surface area contributed by atoms with E-state index >= 15 is 0 Å². The molecule has 8 nitrogen and oxygen atoms in total. The van der Waals surface area contributed by atoms with Gasteiger partial charge in [-0.1, -0.05) is 17.7 Å². The van der Waals surface area contributed by atoms with E-state index in [1.54, 1.807) is 34.5 Å². The van der Waals surface area contributed by atoms with Crippen LogP contribution in [0.25, 0.3) is 17.1 Å². The van der Waals surface area contributed by atoms with Gasteiger partial charge in [-0.25, -0.2) is 22.9 Å². The van der Waals surface area contributed by atoms with Crippen LogP contribution in [0.2, 0.25) is 5.02 Å². The fraction of sp³-hybridized carbons (Fsp3) is 0.208. The number of carboxylic acid groups (broad SMARTS) is 1. The smallest absolute Gasteiger partial charge is 0.335 e. The van der Waals surface area contributed by atoms with E-state index in [1.807, 2.05) is 24.5 Å². The molecule has 1 saturated carbocycles. The topological polar surface area (TPSA) is 107 Å². The van der Waals surface area contributed by atoms with Crippen molar-refractivity contribution in [2.45, 2.75) is 29.4 Å². The van der Waals surface area contributed by atoms with Gasteiger partial charge in [0, 0.05) is 25.0 Å². The molecule has 0 atom stereocenters. The van der Waals surface area contributed by atoms with Crippen molar-refractivity contribution in [3.63, 3.8) is 0 Å². The van der Waals surface area contributed by atoms with Crippen molar-refractivity contribution in [3.05, 3.63) is 82.9 Å². The number of aromatic carboxylic acids is 1. The second kappa shape index (κ2) is 8.41. The minimum atomic E-state index is -3.89. The van der Waals surface area contributed by atoms with Crippen LogP contribution in [-0.2, 0) is 22.6 Å². The van der Waals surface area contributed by atoms with Crippen molar-refractivity contribution >= 4 is 27.4 Å². The molecule has 2 aromatic carbocycles. The summed E-state index contributed by atoms with van der Waals surface area (Å²) in [4.78, 5) is 15.9. The van der Waals surface area contributed by atoms with Crippen LogP contribution in [0.5, 0.6) is 0 Å². The van der Waals surface area contributed by atoms with Gasteiger partial charge in [-0.2, -0.15) is 5.10 Å². The molecule has 0 amide bonds. The van der Waals surface area contributed by atoms with E-state index in [4.69, 9.17) is 11.6 Å². The zero-order valence-electron chi connectivity index (χ0n) is 18.2. The molecule has 2 heterocycles. The lowest BCUT2D eigenvalue weighted by Gasteiger charge is -2.16. The number of hydrogen-bond donors (Lipinski definition) is 1. The van der Waals surface area contributed by atoms with Crippen LogP contribution in [0, 0.1) is 0 Å². The number of carboxylic acids is 1. The first-order valence-electron chi connectivity index (χ1n) is 10.6. The van der Waals surface area contributed by atoms with Gasteiger partial charge in [-0.3, -0.25) is 0 Å². The maximum Gasteiger partial charge on any atom is 0.335 e. The Morgan fingerprint density at radius 1 is 1.18 bits per heavy atom. The molecule has 10 heteroatoms. The molecule has 174 valence electrons. The molecule has 1 N–H and O–H groups in total. The van der Waals surface area contributed by atoms with Crippen molar-refractivity contribution in [1.82, 2.24) is 19.3 Å². The van der Waals surface area contributed by atoms with E-state index < -0.39 is 15.8 Å². The summed E-state index contributed by atoms with van der Waals surface area (Å²) >= 11 is 6.59. The Kier molecular flexibility index (Phi) is 5.53. The number of aryl methyl sites for hydroxylation is 1. The number of aromatic nitrogens is 4. The third-order valence-electron chi connectivity index (χ3n) is 5.96. The minimum absolute atomic E-state index is 0.0514. The predicted octanol–water partition coefficient (Wildman–Crippen LogP) is 4.48. The number of carbonyl (C=O) groups is 1. The number of nitrogens with zero attached hydrogens (tertiary/aromatic N) is 4. The summed E-state index contributed by atoms with van der Waals surface area (Å²) in [7, 11) is -2.16. The van der Waals surface area contributed by atoms with Crippen molar-refractivity contribution in [2.24, 2.45) is 7.05 Å². The molecule has 1 aliphatic rings. The highest BCUT2D eigenvalue weighted by atomic mass is 35.5. The summed E-state index contributed by atoms with van der Waals surface area (Å²) in [6, 6.07) is 11.5. The maximum absolute atomic E-state index is 13.7. The predicted molar refractivity (Wildman–Crippen MR) is 127 cm³/mol. The minimum Gasteiger partial charge on any atom is -0.478 e. The van der Waals surface area contributed by atoms with Crippen LogP contribution in [-0.4, -0.2) is 38.8 Å². The van der Waals surface area contributed by atoms with Gasteiger partial charge in [0.15, 0.2) is 15.7 Å². The molecule has 2 aromatic heterocycles. The van der Waals surface area contributed by atoms with E-state index in [-0.39, 0.29) is 22.1 Å². The highest BCUT2D eigenvalue weighted by molar-refractivity contribution is 7.90. The van der Waals surface area contributed by atoms with E-state index in [0.717, 1.165) is 12.8 Å². The molecule has 1 fully saturated rings. The molecule has 0 aliphatic heterocycles. The Labute approximate surface area is 201 Å². The average molecular weight is 497 g/mol. The lowest BCUT2D eigenvalue weighted by molar-refractivity contribution is 0.0696. The second-order valence-electron chi connectivity index (χ2n) is 8.35. The Bertz CT molecular complexity index is 1510. The summed E-state index contributed by atoms with van der Waals surface area (Å²) in [5.41, 5.74) is 2.32. The van der Waals surface area contributed by atoms with Gasteiger partial charge in [0.2, 0.25) is 0 Å². The number of rotatable bonds is 7. The highest BCUT2D eigenvalue weighted by Gasteiger charge is 2.32. The zero-order valence-corrected chi connectivity index (χ0v) is 19.8. The van der Waals surface area contributed by atoms with Crippen LogP contribution >= 0.6 is 11.6 Å². The Balaban J connectivity index is 1.66. The van der Waals surface area contributed by atoms with Crippen molar-refractivity contribution in [1.29, 1.82) is 0 Å². The lowest BCUT2D eigenvalue weighted by atomic mass is 10.1. The first kappa shape index (κ1) is 22.4. The molecular formula is C24H21ClN4O4S. The molecular weight excluding hydrogens is 476 g/mol. The first-order valence-corrected chi connectivity index (χ1v) is 12.7. The largest absolute Gasteiger partial charge is 0.478 e. The molecule has 34 heavy (non-hydrogen) atoms. The fourth-order valence-electron chi connectivity index (χ4n) is 4.12. The average Bonchev–Trinajstić information content (AvgIpc) is 3.32. The zero-order chi connectivity index (χ0) is 24.0. The third kappa shape index (κ3) is 4.12. The van der Waals surface area contributed by atoms with Crippen molar-refractivity contribution in [2.75, 3.05) is 0 Å². The summed E-state index contributed by atoms with van der Waals surface area (Å²) < 4.78 is 30.8. The SMILES string of the molecule is Cn1ncnc1-c1cc(CS(=O)(=O)c2cc(C(=O)O)ccc2C2CC2)c(-n2cccc2)cc1Cl. The molecule has 0 radical (unpaired) electrons. The lowest BCUT2D eigenvalue weighted by Crippen LogP contribution is -2.12. The van der Waals surface area contributed by atoms with Crippen LogP contribution in [0.4, 0.5) is 0 Å². The number of benzene rings is 2. The van der Waals surface area contributed by atoms with Crippen LogP contribution < -0.4 is 0 Å². The van der Waals surface area contributed by atoms with Gasteiger partial charge >= 0.3 is 5.97 Å². The van der Waals surface area contributed by atoms with E-state index in [9.17, 15) is 18.3 Å². The Morgan fingerprint density at radius 2 is 1.91 bits per heavy atom. The van der Waals surface area contributed by atoms with Crippen LogP contribution in [0.15, 0.2) is 66.1 Å². The number of hydrogen-bond acceptors (Lipinski definition) is 5. The normalized spacial score (nSPS) is 13.8. The summed E-state index contributed by atoms with van der Waals surface area (Å²) in [6.45, 7) is 0. The van der Waals surface area contributed by atoms with Gasteiger partial charge in [-0.05, 0) is 66.3 Å². The Morgan fingerprint density at radius 3 is 2.53 bits per heavy atom. The summed E-state index contributed by atoms with van der Waals surface area (Å²) in [6.07, 6.45) is 6.80. The summed E-state index contributed by atoms with van der Waals surface area (Å²) in [5.74, 6) is -0.848. The van der Waals surface area contributed by atoms with Gasteiger partial charge in [0.1, 0.15) is 6.33 Å². The first-order chi connectivity index (χ1) is 16.2. The molecule has 0 unspecified atom stereocenters. The van der Waals surface area contributed by atoms with Crippen LogP contribution in [0.1, 0.15) is 40.2 Å². The van der Waals surface area contributed by atoms with Gasteiger partial charge < -0.3 is 9.67 Å². The third-order valence-corrected chi connectivity index (χ3v) is 7.99. The number of sulfone groups is 1. The maximum atomic E-state index is 13.7. The van der Waals surface area contributed by atoms with Crippen molar-refractivity contribution in [3.8, 4) is 17.1 Å². The molecule has 0 bridgehead atoms. The summed E-state index contributed by atoms with van der Waals surface area (Å²) in [5, 5.41) is 13.9. The molecule has 5 rings (SSSR count). The standard InChI is InChI=1S/C24H21ClN4O4S/c1-28-23(26-14-27-28)19-10-17(21(12-20(19)25)29-8-2-3-9-29)13-34(32,33)22-11-16(24(30)31)6-7-18(22)15-4-5-15/h2-3,6-12,14-15H,4-5,13H2,1H3,(H,30,31). The molecule has 1 aliphatic carbocycles. The van der Waals surface area contributed by atoms with E-state index in [2.05, 4.69) is 10.1 Å². The van der Waals surface area contributed by atoms with Gasteiger partial charge in [0.05, 0.1) is 26.9 Å². The monoisotopic (exact) mass is 496 g/mol. The van der Waals surface area contributed by atoms with Crippen LogP contribution in [0.3, 0.4) is 0 Å². The highest BCUT2D eigenvalue weighted by Crippen LogP contribution is 2.44. The fourth-order valence-corrected chi connectivity index (χ4v) is 6.06. The second-order valence-corrected chi connectivity index (χ2v) is 10.7. The molecule has 0 saturated heterocycles. The molecule has 0 spiro atoms. The quantitative estimate of drug-likeness (QED) is 0.404. The molecule has 4 aromatic rings. The Hall–Kier alpha value is -3.43. The van der Waals surface area contributed by atoms with E-state index in [1.165, 1.54) is 18.5 Å². The van der Waals surface area contributed by atoms with Gasteiger partial charge in [-0.15, -0.1) is 0 Å². The van der Waals surface area contributed by atoms with E-state index in [0.29, 0.717) is 33.2 Å². The van der Waals surface area contributed by atoms with Gasteiger partial charge in [0.25, 0.3) is 0 Å². The number of halogens is 1.